The minimum Gasteiger partial charge on any atom is -0.482 e. The number of sulfonamides is 1. The summed E-state index contributed by atoms with van der Waals surface area (Å²) >= 11 is 0. The van der Waals surface area contributed by atoms with E-state index in [1.807, 2.05) is 42.5 Å². The van der Waals surface area contributed by atoms with Crippen LogP contribution in [0.25, 0.3) is 11.3 Å². The van der Waals surface area contributed by atoms with Gasteiger partial charge in [-0.1, -0.05) is 42.5 Å². The van der Waals surface area contributed by atoms with E-state index < -0.39 is 22.6 Å². The van der Waals surface area contributed by atoms with Crippen LogP contribution in [-0.4, -0.2) is 41.6 Å². The molecule has 3 rings (SSSR count). The molecule has 0 radical (unpaired) electrons. The Bertz CT molecular complexity index is 1110. The molecular formula is C22H23ClN2O5S. The van der Waals surface area contributed by atoms with E-state index in [0.29, 0.717) is 11.3 Å². The van der Waals surface area contributed by atoms with Gasteiger partial charge in [0.1, 0.15) is 5.75 Å². The molecule has 0 aliphatic carbocycles. The van der Waals surface area contributed by atoms with Gasteiger partial charge in [-0.2, -0.15) is 4.31 Å². The third-order valence-electron chi connectivity index (χ3n) is 4.36. The van der Waals surface area contributed by atoms with Crippen molar-refractivity contribution in [2.24, 2.45) is 0 Å². The molecule has 3 aromatic rings. The summed E-state index contributed by atoms with van der Waals surface area (Å²) in [5.74, 6) is -0.699. The molecule has 164 valence electrons. The standard InChI is InChI=1S/C22H22N2O5S.ClH/c1-30(27,28)24(15-18-5-4-6-20(13-18)29-16-22(25)26)14-17-8-10-19(11-9-17)21-7-2-3-12-23-21;/h2-13H,14-16H2,1H3,(H,25,26);1H. The Morgan fingerprint density at radius 1 is 1.00 bits per heavy atom. The number of carbonyl (C=O) groups is 1. The first-order valence-corrected chi connectivity index (χ1v) is 11.0. The summed E-state index contributed by atoms with van der Waals surface area (Å²) in [4.78, 5) is 15.0. The van der Waals surface area contributed by atoms with Crippen LogP contribution in [0.2, 0.25) is 0 Å². The van der Waals surface area contributed by atoms with Crippen LogP contribution < -0.4 is 4.74 Å². The molecule has 0 saturated carbocycles. The van der Waals surface area contributed by atoms with Gasteiger partial charge in [-0.25, -0.2) is 13.2 Å². The zero-order valence-corrected chi connectivity index (χ0v) is 18.5. The molecule has 1 heterocycles. The lowest BCUT2D eigenvalue weighted by Crippen LogP contribution is -2.29. The van der Waals surface area contributed by atoms with Crippen LogP contribution in [0, 0.1) is 0 Å². The van der Waals surface area contributed by atoms with Gasteiger partial charge in [0.05, 0.1) is 11.9 Å². The fourth-order valence-corrected chi connectivity index (χ4v) is 3.66. The number of aliphatic carboxylic acids is 1. The second-order valence-corrected chi connectivity index (χ2v) is 8.76. The van der Waals surface area contributed by atoms with E-state index >= 15 is 0 Å². The van der Waals surface area contributed by atoms with E-state index in [0.717, 1.165) is 16.8 Å². The lowest BCUT2D eigenvalue weighted by atomic mass is 10.1. The predicted molar refractivity (Wildman–Crippen MR) is 121 cm³/mol. The fraction of sp³-hybridized carbons (Fsp3) is 0.182. The molecule has 0 atom stereocenters. The SMILES string of the molecule is CS(=O)(=O)N(Cc1ccc(-c2ccccn2)cc1)Cc1cccc(OCC(=O)O)c1.Cl. The molecule has 0 amide bonds. The zero-order valence-electron chi connectivity index (χ0n) is 16.8. The van der Waals surface area contributed by atoms with Gasteiger partial charge >= 0.3 is 5.97 Å². The number of aromatic nitrogens is 1. The Balaban J connectivity index is 0.00000341. The van der Waals surface area contributed by atoms with Crippen LogP contribution in [0.1, 0.15) is 11.1 Å². The molecule has 1 aromatic heterocycles. The van der Waals surface area contributed by atoms with Crippen molar-refractivity contribution in [1.82, 2.24) is 9.29 Å². The number of ether oxygens (including phenoxy) is 1. The number of nitrogens with zero attached hydrogens (tertiary/aromatic N) is 2. The first-order chi connectivity index (χ1) is 14.3. The Kier molecular flexibility index (Phi) is 8.56. The second-order valence-electron chi connectivity index (χ2n) is 6.77. The van der Waals surface area contributed by atoms with E-state index in [9.17, 15) is 13.2 Å². The summed E-state index contributed by atoms with van der Waals surface area (Å²) in [7, 11) is -3.48. The number of hydrogen-bond acceptors (Lipinski definition) is 5. The lowest BCUT2D eigenvalue weighted by Gasteiger charge is -2.20. The fourth-order valence-electron chi connectivity index (χ4n) is 2.89. The van der Waals surface area contributed by atoms with Crippen molar-refractivity contribution in [2.75, 3.05) is 12.9 Å². The number of benzene rings is 2. The Morgan fingerprint density at radius 2 is 1.71 bits per heavy atom. The maximum atomic E-state index is 12.3. The number of carboxylic acids is 1. The highest BCUT2D eigenvalue weighted by Gasteiger charge is 2.18. The number of pyridine rings is 1. The second kappa shape index (κ2) is 10.9. The van der Waals surface area contributed by atoms with E-state index in [1.54, 1.807) is 30.5 Å². The van der Waals surface area contributed by atoms with Crippen molar-refractivity contribution in [2.45, 2.75) is 13.1 Å². The van der Waals surface area contributed by atoms with E-state index in [4.69, 9.17) is 9.84 Å². The highest BCUT2D eigenvalue weighted by Crippen LogP contribution is 2.21. The van der Waals surface area contributed by atoms with Crippen molar-refractivity contribution < 1.29 is 23.1 Å². The van der Waals surface area contributed by atoms with Crippen molar-refractivity contribution >= 4 is 28.4 Å². The molecule has 9 heteroatoms. The molecular weight excluding hydrogens is 440 g/mol. The van der Waals surface area contributed by atoms with E-state index in [1.165, 1.54) is 10.6 Å². The summed E-state index contributed by atoms with van der Waals surface area (Å²) in [5.41, 5.74) is 3.35. The first kappa shape index (κ1) is 24.3. The van der Waals surface area contributed by atoms with Gasteiger partial charge in [0.2, 0.25) is 10.0 Å². The lowest BCUT2D eigenvalue weighted by molar-refractivity contribution is -0.139. The van der Waals surface area contributed by atoms with Crippen molar-refractivity contribution in [3.05, 3.63) is 84.1 Å². The minimum atomic E-state index is -3.48. The normalized spacial score (nSPS) is 11.0. The molecule has 0 fully saturated rings. The van der Waals surface area contributed by atoms with Gasteiger partial charge in [0.15, 0.2) is 6.61 Å². The highest BCUT2D eigenvalue weighted by atomic mass is 35.5. The molecule has 0 aliphatic rings. The van der Waals surface area contributed by atoms with Crippen molar-refractivity contribution in [3.8, 4) is 17.0 Å². The number of halogens is 1. The largest absolute Gasteiger partial charge is 0.482 e. The molecule has 31 heavy (non-hydrogen) atoms. The van der Waals surface area contributed by atoms with Gasteiger partial charge in [-0.3, -0.25) is 4.98 Å². The molecule has 2 aromatic carbocycles. The molecule has 0 aliphatic heterocycles. The average Bonchev–Trinajstić information content (AvgIpc) is 2.73. The van der Waals surface area contributed by atoms with Crippen LogP contribution in [0.15, 0.2) is 72.9 Å². The highest BCUT2D eigenvalue weighted by molar-refractivity contribution is 7.88. The third kappa shape index (κ3) is 7.36. The van der Waals surface area contributed by atoms with Gasteiger partial charge in [0.25, 0.3) is 0 Å². The topological polar surface area (TPSA) is 96.8 Å². The smallest absolute Gasteiger partial charge is 0.341 e. The summed E-state index contributed by atoms with van der Waals surface area (Å²) < 4.78 is 31.2. The van der Waals surface area contributed by atoms with Gasteiger partial charge in [0, 0.05) is 24.8 Å². The molecule has 0 bridgehead atoms. The molecule has 1 N–H and O–H groups in total. The minimum absolute atomic E-state index is 0. The summed E-state index contributed by atoms with van der Waals surface area (Å²) in [6, 6.07) is 20.0. The maximum Gasteiger partial charge on any atom is 0.341 e. The van der Waals surface area contributed by atoms with E-state index in [-0.39, 0.29) is 25.5 Å². The third-order valence-corrected chi connectivity index (χ3v) is 5.56. The van der Waals surface area contributed by atoms with E-state index in [2.05, 4.69) is 4.98 Å². The summed E-state index contributed by atoms with van der Waals surface area (Å²) in [6.07, 6.45) is 2.89. The van der Waals surface area contributed by atoms with Gasteiger partial charge in [-0.05, 0) is 35.4 Å². The van der Waals surface area contributed by atoms with Crippen molar-refractivity contribution in [1.29, 1.82) is 0 Å². The number of hydrogen-bond donors (Lipinski definition) is 1. The Hall–Kier alpha value is -2.94. The van der Waals surface area contributed by atoms with Gasteiger partial charge in [-0.15, -0.1) is 12.4 Å². The summed E-state index contributed by atoms with van der Waals surface area (Å²) in [5, 5.41) is 8.74. The zero-order chi connectivity index (χ0) is 21.6. The molecule has 0 spiro atoms. The summed E-state index contributed by atoms with van der Waals surface area (Å²) in [6.45, 7) is -0.103. The van der Waals surface area contributed by atoms with Crippen LogP contribution in [0.3, 0.4) is 0 Å². The maximum absolute atomic E-state index is 12.3. The molecule has 7 nitrogen and oxygen atoms in total. The Labute approximate surface area is 187 Å². The first-order valence-electron chi connectivity index (χ1n) is 9.20. The number of carboxylic acid groups (broad SMARTS) is 1. The Morgan fingerprint density at radius 3 is 2.32 bits per heavy atom. The quantitative estimate of drug-likeness (QED) is 0.522. The average molecular weight is 463 g/mol. The number of rotatable bonds is 9. The van der Waals surface area contributed by atoms with Gasteiger partial charge < -0.3 is 9.84 Å². The monoisotopic (exact) mass is 462 g/mol. The van der Waals surface area contributed by atoms with Crippen LogP contribution in [-0.2, 0) is 27.9 Å². The predicted octanol–water partition coefficient (Wildman–Crippen LogP) is 3.60. The van der Waals surface area contributed by atoms with Crippen molar-refractivity contribution in [3.63, 3.8) is 0 Å². The van der Waals surface area contributed by atoms with Crippen LogP contribution in [0.5, 0.6) is 5.75 Å². The molecule has 0 unspecified atom stereocenters. The molecule has 0 saturated heterocycles. The van der Waals surface area contributed by atoms with Crippen LogP contribution in [0.4, 0.5) is 0 Å². The van der Waals surface area contributed by atoms with Crippen LogP contribution >= 0.6 is 12.4 Å².